The van der Waals surface area contributed by atoms with E-state index >= 15 is 0 Å². The number of aromatic nitrogens is 1. The van der Waals surface area contributed by atoms with E-state index in [-0.39, 0.29) is 11.7 Å². The number of carbonyl (C=O) groups is 2. The minimum Gasteiger partial charge on any atom is -0.375 e. The number of para-hydroxylation sites is 1. The predicted octanol–water partition coefficient (Wildman–Crippen LogP) is 6.42. The number of amides is 1. The average Bonchev–Trinajstić information content (AvgIpc) is 3.56. The van der Waals surface area contributed by atoms with Crippen LogP contribution in [-0.4, -0.2) is 35.4 Å². The maximum Gasteiger partial charge on any atom is 0.276 e. The number of hydrogen-bond donors (Lipinski definition) is 0. The molecule has 7 rings (SSSR count). The van der Waals surface area contributed by atoms with Crippen molar-refractivity contribution in [2.45, 2.75) is 69.5 Å². The first-order chi connectivity index (χ1) is 17.6. The van der Waals surface area contributed by atoms with Crippen molar-refractivity contribution >= 4 is 28.7 Å². The Morgan fingerprint density at radius 1 is 1.00 bits per heavy atom. The molecule has 5 nitrogen and oxygen atoms in total. The summed E-state index contributed by atoms with van der Waals surface area (Å²) in [6, 6.07) is 16.1. The number of anilines is 1. The fourth-order valence-corrected chi connectivity index (χ4v) is 7.36. The first-order valence-corrected chi connectivity index (χ1v) is 14.1. The van der Waals surface area contributed by atoms with Crippen LogP contribution >= 0.6 is 11.3 Å². The van der Waals surface area contributed by atoms with E-state index in [1.807, 2.05) is 35.2 Å². The third kappa shape index (κ3) is 4.10. The van der Waals surface area contributed by atoms with Crippen molar-refractivity contribution in [2.24, 2.45) is 5.92 Å². The predicted molar refractivity (Wildman–Crippen MR) is 141 cm³/mol. The number of pyridine rings is 1. The Kier molecular flexibility index (Phi) is 5.55. The first kappa shape index (κ1) is 22.4. The van der Waals surface area contributed by atoms with Crippen LogP contribution in [-0.2, 0) is 11.2 Å². The molecule has 6 heteroatoms. The van der Waals surface area contributed by atoms with E-state index in [1.165, 1.54) is 18.4 Å². The summed E-state index contributed by atoms with van der Waals surface area (Å²) in [6.45, 7) is 0.573. The minimum atomic E-state index is -0.0560. The Labute approximate surface area is 215 Å². The van der Waals surface area contributed by atoms with Gasteiger partial charge in [-0.1, -0.05) is 24.3 Å². The number of thiophene rings is 1. The Bertz CT molecular complexity index is 1330. The lowest BCUT2D eigenvalue weighted by Gasteiger charge is -2.28. The third-order valence-corrected chi connectivity index (χ3v) is 9.49. The van der Waals surface area contributed by atoms with Gasteiger partial charge in [0.25, 0.3) is 5.91 Å². The Morgan fingerprint density at radius 3 is 2.61 bits per heavy atom. The molecule has 1 aliphatic carbocycles. The minimum absolute atomic E-state index is 0.0560. The molecule has 3 fully saturated rings. The van der Waals surface area contributed by atoms with Gasteiger partial charge in [-0.15, -0.1) is 11.3 Å². The Hall–Kier alpha value is -2.83. The molecule has 36 heavy (non-hydrogen) atoms. The lowest BCUT2D eigenvalue weighted by Crippen LogP contribution is -2.33. The maximum absolute atomic E-state index is 13.9. The molecule has 3 aromatic rings. The average molecular weight is 499 g/mol. The lowest BCUT2D eigenvalue weighted by molar-refractivity contribution is -0.00442. The molecule has 1 aromatic carbocycles. The van der Waals surface area contributed by atoms with E-state index in [1.54, 1.807) is 11.3 Å². The SMILES string of the molecule is O=C(CC1CC1)c1cc2c(s1)-c1ccccc1N(C(=O)c1cccc(C3CC4CCC(C3)O4)n1)CC2. The van der Waals surface area contributed by atoms with Gasteiger partial charge in [0, 0.05) is 35.0 Å². The van der Waals surface area contributed by atoms with Crippen molar-refractivity contribution in [2.75, 3.05) is 11.4 Å². The number of ether oxygens (including phenoxy) is 1. The number of carbonyl (C=O) groups excluding carboxylic acids is 2. The van der Waals surface area contributed by atoms with Gasteiger partial charge in [-0.3, -0.25) is 9.59 Å². The zero-order chi connectivity index (χ0) is 24.2. The normalized spacial score (nSPS) is 24.7. The van der Waals surface area contributed by atoms with Gasteiger partial charge >= 0.3 is 0 Å². The monoisotopic (exact) mass is 498 g/mol. The van der Waals surface area contributed by atoms with E-state index in [0.29, 0.717) is 42.7 Å². The van der Waals surface area contributed by atoms with Crippen LogP contribution in [0.2, 0.25) is 0 Å². The largest absolute Gasteiger partial charge is 0.375 e. The van der Waals surface area contributed by atoms with Crippen molar-refractivity contribution < 1.29 is 14.3 Å². The topological polar surface area (TPSA) is 59.5 Å². The molecule has 0 N–H and O–H groups in total. The van der Waals surface area contributed by atoms with Crippen molar-refractivity contribution in [3.63, 3.8) is 0 Å². The molecule has 2 atom stereocenters. The van der Waals surface area contributed by atoms with Gasteiger partial charge in [0.15, 0.2) is 5.78 Å². The van der Waals surface area contributed by atoms with Gasteiger partial charge < -0.3 is 9.64 Å². The number of nitrogens with zero attached hydrogens (tertiary/aromatic N) is 2. The van der Waals surface area contributed by atoms with E-state index in [0.717, 1.165) is 58.8 Å². The number of fused-ring (bicyclic) bond motifs is 5. The lowest BCUT2D eigenvalue weighted by atomic mass is 9.92. The zero-order valence-electron chi connectivity index (χ0n) is 20.3. The van der Waals surface area contributed by atoms with E-state index < -0.39 is 0 Å². The fourth-order valence-electron chi connectivity index (χ4n) is 6.16. The van der Waals surface area contributed by atoms with E-state index in [4.69, 9.17) is 9.72 Å². The summed E-state index contributed by atoms with van der Waals surface area (Å²) in [5.74, 6) is 1.15. The number of Topliss-reactive ketones (excluding diaryl/α,β-unsaturated/α-hetero) is 1. The molecule has 2 unspecified atom stereocenters. The van der Waals surface area contributed by atoms with Gasteiger partial charge in [0.2, 0.25) is 0 Å². The standard InChI is InChI=1S/C30H30N2O3S/c33-27(14-18-8-9-18)28-17-19-12-13-32(26-7-2-1-4-23(26)29(19)36-28)30(34)25-6-3-5-24(31-25)20-15-21-10-11-22(16-20)35-21/h1-7,17-18,20-22H,8-16H2. The molecule has 0 radical (unpaired) electrons. The molecule has 4 aliphatic rings. The summed E-state index contributed by atoms with van der Waals surface area (Å²) in [4.78, 5) is 35.4. The molecule has 1 amide bonds. The molecule has 3 aliphatic heterocycles. The third-order valence-electron chi connectivity index (χ3n) is 8.24. The second-order valence-corrected chi connectivity index (χ2v) is 11.9. The highest BCUT2D eigenvalue weighted by atomic mass is 32.1. The summed E-state index contributed by atoms with van der Waals surface area (Å²) in [7, 11) is 0. The van der Waals surface area contributed by atoms with Crippen molar-refractivity contribution in [1.82, 2.24) is 4.98 Å². The van der Waals surface area contributed by atoms with Crippen LogP contribution in [0.25, 0.3) is 10.4 Å². The van der Waals surface area contributed by atoms with Crippen LogP contribution in [0.3, 0.4) is 0 Å². The van der Waals surface area contributed by atoms with Crippen LogP contribution in [0, 0.1) is 5.92 Å². The highest BCUT2D eigenvalue weighted by Gasteiger charge is 2.36. The van der Waals surface area contributed by atoms with Crippen LogP contribution in [0.1, 0.15) is 82.3 Å². The van der Waals surface area contributed by atoms with Crippen LogP contribution in [0.5, 0.6) is 0 Å². The smallest absolute Gasteiger partial charge is 0.276 e. The highest BCUT2D eigenvalue weighted by molar-refractivity contribution is 7.17. The van der Waals surface area contributed by atoms with Gasteiger partial charge in [0.05, 0.1) is 22.8 Å². The van der Waals surface area contributed by atoms with Crippen LogP contribution in [0.4, 0.5) is 5.69 Å². The van der Waals surface area contributed by atoms with Gasteiger partial charge in [0.1, 0.15) is 5.69 Å². The van der Waals surface area contributed by atoms with Gasteiger partial charge in [-0.25, -0.2) is 4.98 Å². The van der Waals surface area contributed by atoms with Gasteiger partial charge in [-0.05, 0) is 80.7 Å². The Morgan fingerprint density at radius 2 is 1.81 bits per heavy atom. The van der Waals surface area contributed by atoms with Crippen LogP contribution < -0.4 is 4.90 Å². The summed E-state index contributed by atoms with van der Waals surface area (Å²) in [5.41, 5.74) is 4.63. The van der Waals surface area contributed by atoms with Crippen molar-refractivity contribution in [1.29, 1.82) is 0 Å². The molecule has 0 spiro atoms. The molecule has 5 heterocycles. The molecule has 184 valence electrons. The maximum atomic E-state index is 13.9. The summed E-state index contributed by atoms with van der Waals surface area (Å²) >= 11 is 1.59. The molecule has 2 aromatic heterocycles. The highest BCUT2D eigenvalue weighted by Crippen LogP contribution is 2.44. The molecule has 2 saturated heterocycles. The number of benzene rings is 1. The number of rotatable bonds is 5. The second kappa shape index (κ2) is 8.93. The van der Waals surface area contributed by atoms with Crippen molar-refractivity contribution in [3.05, 3.63) is 70.4 Å². The van der Waals surface area contributed by atoms with Crippen LogP contribution in [0.15, 0.2) is 48.5 Å². The summed E-state index contributed by atoms with van der Waals surface area (Å²) < 4.78 is 6.02. The molecular formula is C30H30N2O3S. The summed E-state index contributed by atoms with van der Waals surface area (Å²) in [5, 5.41) is 0. The number of hydrogen-bond acceptors (Lipinski definition) is 5. The fraction of sp³-hybridized carbons (Fsp3) is 0.433. The Balaban J connectivity index is 1.18. The van der Waals surface area contributed by atoms with E-state index in [2.05, 4.69) is 18.2 Å². The van der Waals surface area contributed by atoms with Crippen molar-refractivity contribution in [3.8, 4) is 10.4 Å². The molecule has 1 saturated carbocycles. The van der Waals surface area contributed by atoms with E-state index in [9.17, 15) is 9.59 Å². The van der Waals surface area contributed by atoms with Gasteiger partial charge in [-0.2, -0.15) is 0 Å². The molecular weight excluding hydrogens is 468 g/mol. The zero-order valence-corrected chi connectivity index (χ0v) is 21.1. The first-order valence-electron chi connectivity index (χ1n) is 13.3. The summed E-state index contributed by atoms with van der Waals surface area (Å²) in [6.07, 6.45) is 8.72. The quantitative estimate of drug-likeness (QED) is 0.381. The number of ketones is 1. The second-order valence-electron chi connectivity index (χ2n) is 10.8. The molecule has 2 bridgehead atoms.